The molecule has 1 saturated carbocycles. The zero-order valence-corrected chi connectivity index (χ0v) is 23.1. The number of halogens is 1. The standard InChI is InChI=1S/C28H22ClN5O3S2/c1-17-6-8-18(9-7-17)39(36,37)34-23(20-14-32-33-12-3-2-5-22(20)33)13-19-25(21(29)15-30-26(19)34)24-16-31-27(38-24)28(35)10-4-11-28/h2-3,5-9,12-16,35H,4,10-11H2,1H3. The number of aryl methyl sites for hydroxylation is 1. The highest BCUT2D eigenvalue weighted by atomic mass is 35.5. The number of hydrogen-bond acceptors (Lipinski definition) is 7. The average Bonchev–Trinajstić information content (AvgIpc) is 3.64. The summed E-state index contributed by atoms with van der Waals surface area (Å²) in [6.45, 7) is 1.91. The van der Waals surface area contributed by atoms with Gasteiger partial charge >= 0.3 is 0 Å². The van der Waals surface area contributed by atoms with Crippen molar-refractivity contribution in [3.8, 4) is 21.7 Å². The van der Waals surface area contributed by atoms with Gasteiger partial charge in [-0.1, -0.05) is 35.4 Å². The third-order valence-electron chi connectivity index (χ3n) is 7.33. The summed E-state index contributed by atoms with van der Waals surface area (Å²) >= 11 is 8.09. The number of pyridine rings is 2. The lowest BCUT2D eigenvalue weighted by atomic mass is 9.81. The Morgan fingerprint density at radius 1 is 1.05 bits per heavy atom. The van der Waals surface area contributed by atoms with Crippen LogP contribution in [0.15, 0.2) is 78.2 Å². The minimum absolute atomic E-state index is 0.147. The van der Waals surface area contributed by atoms with E-state index in [1.165, 1.54) is 21.5 Å². The highest BCUT2D eigenvalue weighted by Gasteiger charge is 2.39. The molecule has 1 aliphatic carbocycles. The van der Waals surface area contributed by atoms with Crippen molar-refractivity contribution in [3.05, 3.63) is 88.9 Å². The van der Waals surface area contributed by atoms with E-state index in [1.807, 2.05) is 31.3 Å². The number of aliphatic hydroxyl groups is 1. The van der Waals surface area contributed by atoms with Crippen LogP contribution in [0.5, 0.6) is 0 Å². The molecule has 0 amide bonds. The van der Waals surface area contributed by atoms with Crippen molar-refractivity contribution in [1.82, 2.24) is 23.6 Å². The van der Waals surface area contributed by atoms with Gasteiger partial charge in [0.25, 0.3) is 10.0 Å². The van der Waals surface area contributed by atoms with Gasteiger partial charge in [0.15, 0.2) is 5.65 Å². The zero-order valence-electron chi connectivity index (χ0n) is 20.7. The van der Waals surface area contributed by atoms with Crippen molar-refractivity contribution in [2.24, 2.45) is 0 Å². The predicted molar refractivity (Wildman–Crippen MR) is 152 cm³/mol. The molecule has 1 N–H and O–H groups in total. The van der Waals surface area contributed by atoms with E-state index in [0.29, 0.717) is 45.1 Å². The van der Waals surface area contributed by atoms with Crippen LogP contribution in [0.1, 0.15) is 29.8 Å². The second-order valence-corrected chi connectivity index (χ2v) is 13.1. The molecule has 5 aromatic heterocycles. The number of benzene rings is 1. The van der Waals surface area contributed by atoms with E-state index in [1.54, 1.807) is 47.2 Å². The SMILES string of the molecule is Cc1ccc(S(=O)(=O)n2c(-c3cnn4ccccc34)cc3c(-c4cnc(C5(O)CCC5)s4)c(Cl)cnc32)cc1. The van der Waals surface area contributed by atoms with Gasteiger partial charge in [-0.3, -0.25) is 0 Å². The van der Waals surface area contributed by atoms with Crippen LogP contribution in [-0.2, 0) is 15.6 Å². The molecular weight excluding hydrogens is 554 g/mol. The van der Waals surface area contributed by atoms with Crippen LogP contribution in [0.25, 0.3) is 38.2 Å². The third-order valence-corrected chi connectivity index (χ3v) is 10.5. The molecule has 1 fully saturated rings. The van der Waals surface area contributed by atoms with Gasteiger partial charge in [-0.25, -0.2) is 26.9 Å². The topological polar surface area (TPSA) is 102 Å². The van der Waals surface area contributed by atoms with E-state index in [0.717, 1.165) is 22.4 Å². The molecule has 0 radical (unpaired) electrons. The molecular formula is C28H22ClN5O3S2. The van der Waals surface area contributed by atoms with Crippen LogP contribution in [0, 0.1) is 6.92 Å². The molecule has 0 unspecified atom stereocenters. The van der Waals surface area contributed by atoms with Crippen LogP contribution in [-0.4, -0.2) is 37.1 Å². The van der Waals surface area contributed by atoms with Gasteiger partial charge in [0.05, 0.1) is 32.2 Å². The van der Waals surface area contributed by atoms with Crippen LogP contribution in [0.4, 0.5) is 0 Å². The Kier molecular flexibility index (Phi) is 5.47. The Bertz CT molecular complexity index is 2000. The molecule has 5 heterocycles. The summed E-state index contributed by atoms with van der Waals surface area (Å²) in [5.74, 6) is 0. The summed E-state index contributed by atoms with van der Waals surface area (Å²) in [5, 5.41) is 16.9. The Hall–Kier alpha value is -3.57. The van der Waals surface area contributed by atoms with E-state index < -0.39 is 15.6 Å². The molecule has 1 aliphatic rings. The van der Waals surface area contributed by atoms with Crippen molar-refractivity contribution in [3.63, 3.8) is 0 Å². The first-order valence-corrected chi connectivity index (χ1v) is 15.0. The van der Waals surface area contributed by atoms with Crippen molar-refractivity contribution in [2.45, 2.75) is 36.7 Å². The Labute approximate surface area is 233 Å². The van der Waals surface area contributed by atoms with Crippen molar-refractivity contribution in [2.75, 3.05) is 0 Å². The van der Waals surface area contributed by atoms with E-state index in [-0.39, 0.29) is 10.5 Å². The fourth-order valence-corrected chi connectivity index (χ4v) is 7.98. The maximum absolute atomic E-state index is 14.2. The van der Waals surface area contributed by atoms with E-state index in [9.17, 15) is 13.5 Å². The Morgan fingerprint density at radius 2 is 1.85 bits per heavy atom. The smallest absolute Gasteiger partial charge is 0.269 e. The normalized spacial score (nSPS) is 15.2. The molecule has 11 heteroatoms. The number of aromatic nitrogens is 5. The molecule has 0 spiro atoms. The Morgan fingerprint density at radius 3 is 2.59 bits per heavy atom. The number of rotatable bonds is 5. The van der Waals surface area contributed by atoms with E-state index >= 15 is 0 Å². The van der Waals surface area contributed by atoms with Crippen molar-refractivity contribution >= 4 is 49.5 Å². The molecule has 0 atom stereocenters. The van der Waals surface area contributed by atoms with Gasteiger partial charge in [0, 0.05) is 35.1 Å². The molecule has 0 bridgehead atoms. The first-order valence-electron chi connectivity index (χ1n) is 12.4. The number of thiazole rings is 1. The number of nitrogens with zero attached hydrogens (tertiary/aromatic N) is 5. The van der Waals surface area contributed by atoms with Gasteiger partial charge in [-0.05, 0) is 56.5 Å². The Balaban J connectivity index is 1.53. The van der Waals surface area contributed by atoms with Crippen molar-refractivity contribution < 1.29 is 13.5 Å². The lowest BCUT2D eigenvalue weighted by molar-refractivity contribution is -0.0389. The van der Waals surface area contributed by atoms with E-state index in [4.69, 9.17) is 11.6 Å². The number of hydrogen-bond donors (Lipinski definition) is 1. The molecule has 196 valence electrons. The van der Waals surface area contributed by atoms with Gasteiger partial charge in [-0.2, -0.15) is 5.10 Å². The first-order chi connectivity index (χ1) is 18.8. The van der Waals surface area contributed by atoms with Crippen LogP contribution >= 0.6 is 22.9 Å². The second-order valence-electron chi connectivity index (χ2n) is 9.83. The summed E-state index contributed by atoms with van der Waals surface area (Å²) in [5.41, 5.74) is 2.73. The third kappa shape index (κ3) is 3.74. The molecule has 1 aromatic carbocycles. The molecule has 6 aromatic rings. The van der Waals surface area contributed by atoms with Crippen molar-refractivity contribution in [1.29, 1.82) is 0 Å². The lowest BCUT2D eigenvalue weighted by Gasteiger charge is -2.34. The monoisotopic (exact) mass is 575 g/mol. The predicted octanol–water partition coefficient (Wildman–Crippen LogP) is 6.04. The summed E-state index contributed by atoms with van der Waals surface area (Å²) in [6.07, 6.45) is 8.92. The summed E-state index contributed by atoms with van der Waals surface area (Å²) in [4.78, 5) is 9.92. The van der Waals surface area contributed by atoms with Crippen LogP contribution in [0.3, 0.4) is 0 Å². The highest BCUT2D eigenvalue weighted by Crippen LogP contribution is 2.47. The lowest BCUT2D eigenvalue weighted by Crippen LogP contribution is -2.33. The maximum atomic E-state index is 14.2. The molecule has 7 rings (SSSR count). The molecule has 0 saturated heterocycles. The van der Waals surface area contributed by atoms with Crippen LogP contribution in [0.2, 0.25) is 5.02 Å². The van der Waals surface area contributed by atoms with Gasteiger partial charge in [0.2, 0.25) is 0 Å². The minimum atomic E-state index is -4.07. The molecule has 0 aliphatic heterocycles. The summed E-state index contributed by atoms with van der Waals surface area (Å²) in [7, 11) is -4.07. The average molecular weight is 576 g/mol. The molecule has 8 nitrogen and oxygen atoms in total. The summed E-state index contributed by atoms with van der Waals surface area (Å²) in [6, 6.07) is 14.2. The quantitative estimate of drug-likeness (QED) is 0.269. The van der Waals surface area contributed by atoms with Gasteiger partial charge < -0.3 is 5.11 Å². The van der Waals surface area contributed by atoms with Gasteiger partial charge in [-0.15, -0.1) is 11.3 Å². The number of fused-ring (bicyclic) bond motifs is 2. The van der Waals surface area contributed by atoms with Gasteiger partial charge in [0.1, 0.15) is 10.6 Å². The first kappa shape index (κ1) is 24.5. The summed E-state index contributed by atoms with van der Waals surface area (Å²) < 4.78 is 31.4. The zero-order chi connectivity index (χ0) is 26.9. The van der Waals surface area contributed by atoms with Crippen LogP contribution < -0.4 is 0 Å². The fraction of sp³-hybridized carbons (Fsp3) is 0.179. The fourth-order valence-electron chi connectivity index (χ4n) is 5.06. The highest BCUT2D eigenvalue weighted by molar-refractivity contribution is 7.90. The largest absolute Gasteiger partial charge is 0.383 e. The van der Waals surface area contributed by atoms with E-state index in [2.05, 4.69) is 15.1 Å². The molecule has 39 heavy (non-hydrogen) atoms. The second kappa shape index (κ2) is 8.72. The minimum Gasteiger partial charge on any atom is -0.383 e. The maximum Gasteiger partial charge on any atom is 0.269 e.